The van der Waals surface area contributed by atoms with Crippen molar-refractivity contribution in [2.24, 2.45) is 0 Å². The summed E-state index contributed by atoms with van der Waals surface area (Å²) in [5, 5.41) is 4.23. The van der Waals surface area contributed by atoms with Gasteiger partial charge in [-0.15, -0.1) is 11.3 Å². The van der Waals surface area contributed by atoms with Crippen LogP contribution in [0.4, 0.5) is 0 Å². The molecule has 2 heterocycles. The molecule has 30 heavy (non-hydrogen) atoms. The molecule has 1 saturated heterocycles. The van der Waals surface area contributed by atoms with Gasteiger partial charge in [0.05, 0.1) is 5.69 Å². The van der Waals surface area contributed by atoms with Gasteiger partial charge in [0.15, 0.2) is 0 Å². The Balaban J connectivity index is 1.46. The van der Waals surface area contributed by atoms with Crippen LogP contribution in [0.25, 0.3) is 10.6 Å². The third-order valence-corrected chi connectivity index (χ3v) is 8.04. The molecule has 2 fully saturated rings. The fraction of sp³-hybridized carbons (Fsp3) is 0.583. The zero-order valence-electron chi connectivity index (χ0n) is 18.5. The highest BCUT2D eigenvalue weighted by atomic mass is 32.1. The topological polar surface area (TPSA) is 48.5 Å². The van der Waals surface area contributed by atoms with Crippen molar-refractivity contribution in [2.45, 2.75) is 51.5 Å². The van der Waals surface area contributed by atoms with Gasteiger partial charge in [-0.25, -0.2) is 4.98 Å². The maximum Gasteiger partial charge on any atom is 0.263 e. The average Bonchev–Trinajstić information content (AvgIpc) is 3.15. The molecule has 2 aliphatic rings. The number of hydrogen-bond donors (Lipinski definition) is 1. The lowest BCUT2D eigenvalue weighted by Gasteiger charge is -2.49. The monoisotopic (exact) mass is 426 g/mol. The maximum absolute atomic E-state index is 13.1. The number of likely N-dealkylation sites (N-methyl/N-ethyl adjacent to an activating group) is 1. The summed E-state index contributed by atoms with van der Waals surface area (Å²) in [6, 6.07) is 8.35. The molecule has 1 aliphatic carbocycles. The fourth-order valence-electron chi connectivity index (χ4n) is 4.85. The minimum Gasteiger partial charge on any atom is -0.349 e. The summed E-state index contributed by atoms with van der Waals surface area (Å²) in [7, 11) is 2.20. The lowest BCUT2D eigenvalue weighted by Crippen LogP contribution is -2.61. The summed E-state index contributed by atoms with van der Waals surface area (Å²) in [5.41, 5.74) is 3.25. The summed E-state index contributed by atoms with van der Waals surface area (Å²) in [5.74, 6) is 0.0300. The van der Waals surface area contributed by atoms with Gasteiger partial charge < -0.3 is 10.2 Å². The second kappa shape index (κ2) is 9.16. The van der Waals surface area contributed by atoms with E-state index in [2.05, 4.69) is 58.3 Å². The van der Waals surface area contributed by atoms with Gasteiger partial charge in [0.25, 0.3) is 5.91 Å². The third kappa shape index (κ3) is 4.61. The predicted octanol–water partition coefficient (Wildman–Crippen LogP) is 4.11. The van der Waals surface area contributed by atoms with Gasteiger partial charge in [-0.3, -0.25) is 9.69 Å². The molecule has 4 rings (SSSR count). The molecule has 1 N–H and O–H groups in total. The van der Waals surface area contributed by atoms with Crippen molar-refractivity contribution in [2.75, 3.05) is 39.8 Å². The van der Waals surface area contributed by atoms with Crippen molar-refractivity contribution < 1.29 is 4.79 Å². The molecule has 162 valence electrons. The van der Waals surface area contributed by atoms with Crippen LogP contribution < -0.4 is 5.32 Å². The van der Waals surface area contributed by atoms with Crippen molar-refractivity contribution in [3.05, 3.63) is 40.4 Å². The molecule has 0 spiro atoms. The summed E-state index contributed by atoms with van der Waals surface area (Å²) in [6.45, 7) is 9.20. The number of aromatic nitrogens is 1. The lowest BCUT2D eigenvalue weighted by molar-refractivity contribution is 0.0139. The van der Waals surface area contributed by atoms with Crippen molar-refractivity contribution >= 4 is 17.2 Å². The molecule has 6 heteroatoms. The van der Waals surface area contributed by atoms with Crippen LogP contribution >= 0.6 is 11.3 Å². The van der Waals surface area contributed by atoms with Crippen LogP contribution in [0.2, 0.25) is 0 Å². The van der Waals surface area contributed by atoms with Crippen LogP contribution in [0.15, 0.2) is 24.3 Å². The van der Waals surface area contributed by atoms with Crippen molar-refractivity contribution in [1.29, 1.82) is 0 Å². The number of aryl methyl sites for hydroxylation is 2. The number of nitrogens with one attached hydrogen (secondary N) is 1. The van der Waals surface area contributed by atoms with E-state index >= 15 is 0 Å². The summed E-state index contributed by atoms with van der Waals surface area (Å²) >= 11 is 1.50. The molecule has 0 radical (unpaired) electrons. The number of hydrogen-bond acceptors (Lipinski definition) is 5. The van der Waals surface area contributed by atoms with E-state index in [1.165, 1.54) is 49.0 Å². The Hall–Kier alpha value is -1.76. The first-order valence-electron chi connectivity index (χ1n) is 11.2. The SMILES string of the molecule is Cc1ccc(-c2nc(C)c(C(=O)NCC3(N4CCN(C)CC4)CCCCC3)s2)cc1. The molecule has 0 unspecified atom stereocenters. The van der Waals surface area contributed by atoms with E-state index in [0.717, 1.165) is 53.9 Å². The summed E-state index contributed by atoms with van der Waals surface area (Å²) < 4.78 is 0. The Morgan fingerprint density at radius 1 is 1.07 bits per heavy atom. The Morgan fingerprint density at radius 3 is 2.40 bits per heavy atom. The summed E-state index contributed by atoms with van der Waals surface area (Å²) in [4.78, 5) is 23.6. The highest BCUT2D eigenvalue weighted by Crippen LogP contribution is 2.34. The number of nitrogens with zero attached hydrogens (tertiary/aromatic N) is 3. The number of benzene rings is 1. The zero-order chi connectivity index (χ0) is 21.1. The normalized spacial score (nSPS) is 20.2. The van der Waals surface area contributed by atoms with Gasteiger partial charge in [0.2, 0.25) is 0 Å². The summed E-state index contributed by atoms with van der Waals surface area (Å²) in [6.07, 6.45) is 6.22. The fourth-order valence-corrected chi connectivity index (χ4v) is 5.84. The first-order valence-corrected chi connectivity index (χ1v) is 12.0. The number of carbonyl (C=O) groups is 1. The second-order valence-corrected chi connectivity index (χ2v) is 10.1. The molecule has 1 aromatic carbocycles. The average molecular weight is 427 g/mol. The molecular formula is C24H34N4OS. The van der Waals surface area contributed by atoms with Crippen molar-refractivity contribution in [3.63, 3.8) is 0 Å². The predicted molar refractivity (Wildman–Crippen MR) is 124 cm³/mol. The Morgan fingerprint density at radius 2 is 1.73 bits per heavy atom. The quantitative estimate of drug-likeness (QED) is 0.782. The van der Waals surface area contributed by atoms with E-state index in [0.29, 0.717) is 0 Å². The molecule has 0 bridgehead atoms. The molecule has 0 atom stereocenters. The van der Waals surface area contributed by atoms with E-state index in [1.807, 2.05) is 6.92 Å². The molecule has 1 aliphatic heterocycles. The number of piperazine rings is 1. The van der Waals surface area contributed by atoms with Gasteiger partial charge in [-0.05, 0) is 33.7 Å². The highest BCUT2D eigenvalue weighted by Gasteiger charge is 2.39. The standard InChI is InChI=1S/C24H34N4OS/c1-18-7-9-20(10-8-18)23-26-19(2)21(30-23)22(29)25-17-24(11-5-4-6-12-24)28-15-13-27(3)14-16-28/h7-10H,4-6,11-17H2,1-3H3,(H,25,29). The van der Waals surface area contributed by atoms with Gasteiger partial charge in [-0.1, -0.05) is 49.1 Å². The minimum absolute atomic E-state index is 0.0300. The smallest absolute Gasteiger partial charge is 0.263 e. The molecule has 1 amide bonds. The van der Waals surface area contributed by atoms with Crippen LogP contribution in [0, 0.1) is 13.8 Å². The van der Waals surface area contributed by atoms with E-state index in [1.54, 1.807) is 0 Å². The highest BCUT2D eigenvalue weighted by molar-refractivity contribution is 7.17. The first kappa shape index (κ1) is 21.5. The van der Waals surface area contributed by atoms with Crippen LogP contribution in [0.1, 0.15) is 53.0 Å². The molecule has 2 aromatic rings. The van der Waals surface area contributed by atoms with Gasteiger partial charge >= 0.3 is 0 Å². The Bertz CT molecular complexity index is 862. The molecule has 1 aromatic heterocycles. The van der Waals surface area contributed by atoms with Crippen LogP contribution in [-0.2, 0) is 0 Å². The van der Waals surface area contributed by atoms with Gasteiger partial charge in [0.1, 0.15) is 9.88 Å². The number of carbonyl (C=O) groups excluding carboxylic acids is 1. The van der Waals surface area contributed by atoms with Gasteiger partial charge in [-0.2, -0.15) is 0 Å². The lowest BCUT2D eigenvalue weighted by atomic mass is 9.79. The first-order chi connectivity index (χ1) is 14.5. The number of thiazole rings is 1. The number of rotatable bonds is 5. The maximum atomic E-state index is 13.1. The zero-order valence-corrected chi connectivity index (χ0v) is 19.4. The van der Waals surface area contributed by atoms with E-state index in [-0.39, 0.29) is 11.4 Å². The minimum atomic E-state index is 0.0300. The molecular weight excluding hydrogens is 392 g/mol. The molecule has 1 saturated carbocycles. The van der Waals surface area contributed by atoms with Crippen molar-refractivity contribution in [1.82, 2.24) is 20.1 Å². The Kier molecular flexibility index (Phi) is 6.56. The van der Waals surface area contributed by atoms with E-state index in [4.69, 9.17) is 0 Å². The second-order valence-electron chi connectivity index (χ2n) is 9.06. The van der Waals surface area contributed by atoms with Gasteiger partial charge in [0, 0.05) is 43.8 Å². The largest absolute Gasteiger partial charge is 0.349 e. The Labute approximate surface area is 184 Å². The van der Waals surface area contributed by atoms with Crippen LogP contribution in [-0.4, -0.2) is 66.0 Å². The van der Waals surface area contributed by atoms with Crippen molar-refractivity contribution in [3.8, 4) is 10.6 Å². The molecule has 5 nitrogen and oxygen atoms in total. The van der Waals surface area contributed by atoms with Crippen LogP contribution in [0.3, 0.4) is 0 Å². The van der Waals surface area contributed by atoms with Crippen LogP contribution in [0.5, 0.6) is 0 Å². The number of amides is 1. The van der Waals surface area contributed by atoms with E-state index in [9.17, 15) is 4.79 Å². The third-order valence-electron chi connectivity index (χ3n) is 6.84. The van der Waals surface area contributed by atoms with E-state index < -0.39 is 0 Å².